The minimum Gasteiger partial charge on any atom is -0.493 e. The molecule has 0 aliphatic carbocycles. The Hall–Kier alpha value is -1.82. The molecule has 146 valence electrons. The number of aliphatic hydroxyl groups is 1. The van der Waals surface area contributed by atoms with Gasteiger partial charge in [0.15, 0.2) is 11.5 Å². The normalized spacial score (nSPS) is 12.5. The monoisotopic (exact) mass is 362 g/mol. The Morgan fingerprint density at radius 3 is 2.35 bits per heavy atom. The molecule has 1 aromatic carbocycles. The number of ether oxygens (including phenoxy) is 2. The summed E-state index contributed by atoms with van der Waals surface area (Å²) in [5.74, 6) is 1.31. The van der Waals surface area contributed by atoms with E-state index in [4.69, 9.17) is 9.47 Å². The molecule has 0 fully saturated rings. The molecule has 1 atom stereocenters. The van der Waals surface area contributed by atoms with Gasteiger partial charge in [-0.2, -0.15) is 0 Å². The van der Waals surface area contributed by atoms with Gasteiger partial charge in [-0.05, 0) is 38.6 Å². The van der Waals surface area contributed by atoms with E-state index in [2.05, 4.69) is 36.8 Å². The van der Waals surface area contributed by atoms with Crippen molar-refractivity contribution in [2.45, 2.75) is 32.5 Å². The van der Waals surface area contributed by atoms with E-state index >= 15 is 0 Å². The topological polar surface area (TPSA) is 45.2 Å². The molecule has 0 saturated carbocycles. The van der Waals surface area contributed by atoms with E-state index in [9.17, 15) is 5.11 Å². The number of likely N-dealkylation sites (N-methyl/N-ethyl adjacent to an activating group) is 1. The maximum Gasteiger partial charge on any atom is 0.161 e. The summed E-state index contributed by atoms with van der Waals surface area (Å²) < 4.78 is 11.2. The van der Waals surface area contributed by atoms with Gasteiger partial charge in [0.1, 0.15) is 12.7 Å². The zero-order valence-corrected chi connectivity index (χ0v) is 16.6. The van der Waals surface area contributed by atoms with Crippen LogP contribution in [-0.4, -0.2) is 67.5 Å². The molecular formula is C21H34N2O3. The van der Waals surface area contributed by atoms with Crippen LogP contribution in [0.2, 0.25) is 0 Å². The van der Waals surface area contributed by atoms with Gasteiger partial charge in [-0.25, -0.2) is 0 Å². The summed E-state index contributed by atoms with van der Waals surface area (Å²) in [7, 11) is 3.61. The highest BCUT2D eigenvalue weighted by molar-refractivity contribution is 5.43. The van der Waals surface area contributed by atoms with Crippen LogP contribution in [0, 0.1) is 0 Å². The number of hydrogen-bond donors (Lipinski definition) is 1. The van der Waals surface area contributed by atoms with E-state index in [1.807, 2.05) is 37.4 Å². The van der Waals surface area contributed by atoms with Crippen LogP contribution in [0.1, 0.15) is 19.4 Å². The molecule has 5 heteroatoms. The fourth-order valence-electron chi connectivity index (χ4n) is 2.54. The third-order valence-corrected chi connectivity index (χ3v) is 4.22. The number of aliphatic hydroxyl groups excluding tert-OH is 1. The summed E-state index contributed by atoms with van der Waals surface area (Å²) in [4.78, 5) is 4.31. The first-order chi connectivity index (χ1) is 12.4. The molecule has 0 heterocycles. The van der Waals surface area contributed by atoms with Gasteiger partial charge in [-0.15, -0.1) is 13.2 Å². The molecule has 5 nitrogen and oxygen atoms in total. The van der Waals surface area contributed by atoms with Gasteiger partial charge in [0.2, 0.25) is 0 Å². The van der Waals surface area contributed by atoms with Crippen molar-refractivity contribution in [1.82, 2.24) is 9.80 Å². The fraction of sp³-hybridized carbons (Fsp3) is 0.524. The van der Waals surface area contributed by atoms with Gasteiger partial charge in [-0.3, -0.25) is 4.90 Å². The van der Waals surface area contributed by atoms with E-state index in [-0.39, 0.29) is 6.61 Å². The number of nitrogens with zero attached hydrogens (tertiary/aromatic N) is 2. The largest absolute Gasteiger partial charge is 0.493 e. The lowest BCUT2D eigenvalue weighted by molar-refractivity contribution is 0.0668. The van der Waals surface area contributed by atoms with Crippen LogP contribution in [0.3, 0.4) is 0 Å². The Bertz CT molecular complexity index is 550. The number of methoxy groups -OCH3 is 1. The van der Waals surface area contributed by atoms with E-state index in [0.717, 1.165) is 25.2 Å². The average Bonchev–Trinajstić information content (AvgIpc) is 2.60. The van der Waals surface area contributed by atoms with Gasteiger partial charge in [0, 0.05) is 32.2 Å². The van der Waals surface area contributed by atoms with Gasteiger partial charge < -0.3 is 19.5 Å². The SMILES string of the molecule is C=CCN(CC=C)Cc1ccc(OCC(O)CN(C)C(C)C)c(OC)c1. The van der Waals surface area contributed by atoms with Crippen LogP contribution in [0.4, 0.5) is 0 Å². The molecule has 26 heavy (non-hydrogen) atoms. The third-order valence-electron chi connectivity index (χ3n) is 4.22. The molecule has 0 spiro atoms. The molecule has 1 N–H and O–H groups in total. The smallest absolute Gasteiger partial charge is 0.161 e. The Morgan fingerprint density at radius 2 is 1.81 bits per heavy atom. The highest BCUT2D eigenvalue weighted by Crippen LogP contribution is 2.28. The summed E-state index contributed by atoms with van der Waals surface area (Å²) >= 11 is 0. The maximum absolute atomic E-state index is 10.2. The van der Waals surface area contributed by atoms with Crippen LogP contribution in [-0.2, 0) is 6.54 Å². The zero-order valence-electron chi connectivity index (χ0n) is 16.6. The molecule has 0 aliphatic heterocycles. The Morgan fingerprint density at radius 1 is 1.15 bits per heavy atom. The average molecular weight is 363 g/mol. The van der Waals surface area contributed by atoms with Crippen LogP contribution < -0.4 is 9.47 Å². The molecule has 1 rings (SSSR count). The quantitative estimate of drug-likeness (QED) is 0.547. The van der Waals surface area contributed by atoms with Crippen molar-refractivity contribution in [2.75, 3.05) is 40.4 Å². The van der Waals surface area contributed by atoms with Crippen molar-refractivity contribution in [1.29, 1.82) is 0 Å². The summed E-state index contributed by atoms with van der Waals surface area (Å²) in [6, 6.07) is 6.27. The van der Waals surface area contributed by atoms with Crippen molar-refractivity contribution in [3.8, 4) is 11.5 Å². The van der Waals surface area contributed by atoms with Gasteiger partial charge >= 0.3 is 0 Å². The van der Waals surface area contributed by atoms with Crippen molar-refractivity contribution < 1.29 is 14.6 Å². The lowest BCUT2D eigenvalue weighted by atomic mass is 10.2. The minimum absolute atomic E-state index is 0.228. The first-order valence-electron chi connectivity index (χ1n) is 9.03. The lowest BCUT2D eigenvalue weighted by Crippen LogP contribution is -2.36. The van der Waals surface area contributed by atoms with Crippen LogP contribution >= 0.6 is 0 Å². The van der Waals surface area contributed by atoms with Gasteiger partial charge in [0.05, 0.1) is 7.11 Å². The second kappa shape index (κ2) is 11.7. The van der Waals surface area contributed by atoms with Crippen molar-refractivity contribution >= 4 is 0 Å². The van der Waals surface area contributed by atoms with Crippen molar-refractivity contribution in [3.63, 3.8) is 0 Å². The second-order valence-corrected chi connectivity index (χ2v) is 6.75. The van der Waals surface area contributed by atoms with Crippen LogP contribution in [0.5, 0.6) is 11.5 Å². The van der Waals surface area contributed by atoms with E-state index in [0.29, 0.717) is 24.1 Å². The lowest BCUT2D eigenvalue weighted by Gasteiger charge is -2.24. The summed E-state index contributed by atoms with van der Waals surface area (Å²) in [6.45, 7) is 14.9. The predicted octanol–water partition coefficient (Wildman–Crippen LogP) is 2.95. The highest BCUT2D eigenvalue weighted by Gasteiger charge is 2.14. The molecule has 0 aliphatic rings. The summed E-state index contributed by atoms with van der Waals surface area (Å²) in [5.41, 5.74) is 1.12. The Labute approximate surface area is 158 Å². The molecule has 0 amide bonds. The third kappa shape index (κ3) is 7.60. The number of rotatable bonds is 13. The van der Waals surface area contributed by atoms with Gasteiger partial charge in [0.25, 0.3) is 0 Å². The van der Waals surface area contributed by atoms with Crippen molar-refractivity contribution in [2.24, 2.45) is 0 Å². The zero-order chi connectivity index (χ0) is 19.5. The fourth-order valence-corrected chi connectivity index (χ4v) is 2.54. The summed E-state index contributed by atoms with van der Waals surface area (Å²) in [6.07, 6.45) is 3.21. The molecule has 1 unspecified atom stereocenters. The van der Waals surface area contributed by atoms with Crippen LogP contribution in [0.15, 0.2) is 43.5 Å². The predicted molar refractivity (Wildman–Crippen MR) is 108 cm³/mol. The summed E-state index contributed by atoms with van der Waals surface area (Å²) in [5, 5.41) is 10.2. The maximum atomic E-state index is 10.2. The second-order valence-electron chi connectivity index (χ2n) is 6.75. The first-order valence-corrected chi connectivity index (χ1v) is 9.03. The Kier molecular flexibility index (Phi) is 10.0. The van der Waals surface area contributed by atoms with E-state index < -0.39 is 6.10 Å². The van der Waals surface area contributed by atoms with Gasteiger partial charge in [-0.1, -0.05) is 18.2 Å². The molecule has 0 saturated heterocycles. The molecular weight excluding hydrogens is 328 g/mol. The number of hydrogen-bond acceptors (Lipinski definition) is 5. The molecule has 0 bridgehead atoms. The minimum atomic E-state index is -0.553. The highest BCUT2D eigenvalue weighted by atomic mass is 16.5. The Balaban J connectivity index is 2.70. The molecule has 0 aromatic heterocycles. The first kappa shape index (κ1) is 22.2. The standard InChI is InChI=1S/C21H34N2O3/c1-7-11-23(12-8-2)14-18-9-10-20(21(13-18)25-6)26-16-19(24)15-22(5)17(3)4/h7-10,13,17,19,24H,1-2,11-12,14-16H2,3-6H3. The molecule has 1 aromatic rings. The molecule has 0 radical (unpaired) electrons. The van der Waals surface area contributed by atoms with E-state index in [1.165, 1.54) is 0 Å². The van der Waals surface area contributed by atoms with E-state index in [1.54, 1.807) is 7.11 Å². The van der Waals surface area contributed by atoms with Crippen molar-refractivity contribution in [3.05, 3.63) is 49.1 Å². The van der Waals surface area contributed by atoms with Crippen LogP contribution in [0.25, 0.3) is 0 Å². The number of benzene rings is 1.